The van der Waals surface area contributed by atoms with E-state index < -0.39 is 9.84 Å². The molecule has 0 aliphatic carbocycles. The van der Waals surface area contributed by atoms with Gasteiger partial charge in [0.15, 0.2) is 0 Å². The highest BCUT2D eigenvalue weighted by molar-refractivity contribution is 7.96. The molecule has 0 bridgehead atoms. The number of unbranched alkanes of at least 4 members (excludes halogenated alkanes) is 1. The van der Waals surface area contributed by atoms with Gasteiger partial charge in [0.2, 0.25) is 9.84 Å². The van der Waals surface area contributed by atoms with E-state index in [0.717, 1.165) is 28.3 Å². The van der Waals surface area contributed by atoms with Crippen molar-refractivity contribution in [1.82, 2.24) is 0 Å². The smallest absolute Gasteiger partial charge is 0.270 e. The van der Waals surface area contributed by atoms with E-state index in [4.69, 9.17) is 6.57 Å². The summed E-state index contributed by atoms with van der Waals surface area (Å²) in [6.45, 7) is 10.6. The molecule has 180 valence electrons. The normalized spacial score (nSPS) is 16.5. The molecule has 0 atom stereocenters. The van der Waals surface area contributed by atoms with Gasteiger partial charge in [-0.25, -0.2) is 18.5 Å². The highest BCUT2D eigenvalue weighted by Crippen LogP contribution is 2.45. The number of hydrogen-bond acceptors (Lipinski definition) is 5. The second kappa shape index (κ2) is 10.8. The van der Waals surface area contributed by atoms with Crippen molar-refractivity contribution in [2.45, 2.75) is 24.7 Å². The molecule has 0 unspecified atom stereocenters. The standard InChI is InChI=1S/C29H25N3O2S2/c1-4-5-18-32(3)22-13-10-21(11-14-22)12-15-23-16-17-24(35-23)19-28-29(26(20-30)31-2)25-8-6-7-9-27(25)36(28,33)34/h6-17,19H,4-5,18H2,1,3H3/b15-12+,28-19?,29-26?. The Kier molecular flexibility index (Phi) is 7.55. The molecule has 0 N–H and O–H groups in total. The number of fused-ring (bicyclic) bond motifs is 1. The van der Waals surface area contributed by atoms with Gasteiger partial charge in [-0.1, -0.05) is 49.8 Å². The molecule has 2 aromatic carbocycles. The maximum atomic E-state index is 13.3. The van der Waals surface area contributed by atoms with E-state index in [1.165, 1.54) is 29.5 Å². The molecule has 0 saturated carbocycles. The summed E-state index contributed by atoms with van der Waals surface area (Å²) in [5, 5.41) is 9.48. The van der Waals surface area contributed by atoms with Crippen molar-refractivity contribution in [2.24, 2.45) is 0 Å². The Morgan fingerprint density at radius 3 is 2.50 bits per heavy atom. The predicted octanol–water partition coefficient (Wildman–Crippen LogP) is 7.14. The molecule has 36 heavy (non-hydrogen) atoms. The minimum Gasteiger partial charge on any atom is -0.375 e. The van der Waals surface area contributed by atoms with Crippen molar-refractivity contribution < 1.29 is 8.42 Å². The molecule has 0 fully saturated rings. The molecule has 0 spiro atoms. The zero-order chi connectivity index (χ0) is 25.7. The fourth-order valence-electron chi connectivity index (χ4n) is 4.03. The van der Waals surface area contributed by atoms with Gasteiger partial charge in [-0.05, 0) is 60.0 Å². The van der Waals surface area contributed by atoms with Crippen LogP contribution in [-0.4, -0.2) is 22.0 Å². The third kappa shape index (κ3) is 5.04. The van der Waals surface area contributed by atoms with Crippen molar-refractivity contribution in [2.75, 3.05) is 18.5 Å². The third-order valence-corrected chi connectivity index (χ3v) is 8.81. The van der Waals surface area contributed by atoms with Gasteiger partial charge in [0, 0.05) is 34.6 Å². The van der Waals surface area contributed by atoms with Crippen LogP contribution in [0.15, 0.2) is 76.2 Å². The Morgan fingerprint density at radius 2 is 1.81 bits per heavy atom. The van der Waals surface area contributed by atoms with Crippen LogP contribution in [0.1, 0.15) is 40.6 Å². The van der Waals surface area contributed by atoms with Crippen LogP contribution in [0, 0.1) is 17.9 Å². The topological polar surface area (TPSA) is 65.5 Å². The van der Waals surface area contributed by atoms with Crippen molar-refractivity contribution >= 4 is 50.7 Å². The van der Waals surface area contributed by atoms with Crippen LogP contribution in [-0.2, 0) is 9.84 Å². The maximum Gasteiger partial charge on any atom is 0.270 e. The van der Waals surface area contributed by atoms with Crippen LogP contribution in [0.2, 0.25) is 0 Å². The van der Waals surface area contributed by atoms with Gasteiger partial charge in [-0.15, -0.1) is 11.3 Å². The summed E-state index contributed by atoms with van der Waals surface area (Å²) < 4.78 is 26.5. The van der Waals surface area contributed by atoms with Crippen molar-refractivity contribution in [3.05, 3.63) is 104 Å². The molecule has 7 heteroatoms. The molecule has 1 aliphatic heterocycles. The molecule has 0 saturated heterocycles. The molecular weight excluding hydrogens is 486 g/mol. The van der Waals surface area contributed by atoms with Crippen LogP contribution in [0.25, 0.3) is 28.6 Å². The molecule has 2 heterocycles. The fourth-order valence-corrected chi connectivity index (χ4v) is 6.67. The zero-order valence-electron chi connectivity index (χ0n) is 20.1. The Bertz CT molecular complexity index is 1550. The minimum atomic E-state index is -3.83. The lowest BCUT2D eigenvalue weighted by Gasteiger charge is -2.18. The number of allylic oxidation sites excluding steroid dienone is 2. The summed E-state index contributed by atoms with van der Waals surface area (Å²) in [4.78, 5) is 7.37. The van der Waals surface area contributed by atoms with Crippen LogP contribution < -0.4 is 4.90 Å². The van der Waals surface area contributed by atoms with E-state index >= 15 is 0 Å². The lowest BCUT2D eigenvalue weighted by Crippen LogP contribution is -2.17. The first-order chi connectivity index (χ1) is 17.4. The van der Waals surface area contributed by atoms with E-state index in [9.17, 15) is 13.7 Å². The van der Waals surface area contributed by atoms with E-state index in [0.29, 0.717) is 5.56 Å². The van der Waals surface area contributed by atoms with E-state index in [1.807, 2.05) is 30.4 Å². The van der Waals surface area contributed by atoms with Gasteiger partial charge >= 0.3 is 0 Å². The van der Waals surface area contributed by atoms with Gasteiger partial charge in [-0.3, -0.25) is 0 Å². The average Bonchev–Trinajstić information content (AvgIpc) is 3.43. The second-order valence-corrected chi connectivity index (χ2v) is 11.4. The molecular formula is C29H25N3O2S2. The first-order valence-electron chi connectivity index (χ1n) is 11.6. The van der Waals surface area contributed by atoms with Gasteiger partial charge in [0.05, 0.1) is 22.4 Å². The molecule has 1 aromatic heterocycles. The summed E-state index contributed by atoms with van der Waals surface area (Å²) in [5.41, 5.74) is 2.61. The molecule has 5 nitrogen and oxygen atoms in total. The molecule has 0 amide bonds. The first kappa shape index (κ1) is 25.2. The quantitative estimate of drug-likeness (QED) is 0.250. The number of rotatable bonds is 7. The Balaban J connectivity index is 1.61. The lowest BCUT2D eigenvalue weighted by atomic mass is 10.0. The highest BCUT2D eigenvalue weighted by Gasteiger charge is 2.37. The number of nitriles is 1. The summed E-state index contributed by atoms with van der Waals surface area (Å²) in [6.07, 6.45) is 7.92. The maximum absolute atomic E-state index is 13.3. The van der Waals surface area contributed by atoms with E-state index in [2.05, 4.69) is 48.0 Å². The second-order valence-electron chi connectivity index (χ2n) is 8.40. The monoisotopic (exact) mass is 511 g/mol. The average molecular weight is 512 g/mol. The largest absolute Gasteiger partial charge is 0.375 e. The highest BCUT2D eigenvalue weighted by atomic mass is 32.2. The van der Waals surface area contributed by atoms with Gasteiger partial charge in [0.1, 0.15) is 0 Å². The van der Waals surface area contributed by atoms with Crippen LogP contribution >= 0.6 is 11.3 Å². The number of hydrogen-bond donors (Lipinski definition) is 0. The summed E-state index contributed by atoms with van der Waals surface area (Å²) in [7, 11) is -1.73. The van der Waals surface area contributed by atoms with Crippen molar-refractivity contribution in [3.8, 4) is 6.07 Å². The van der Waals surface area contributed by atoms with Crippen molar-refractivity contribution in [1.29, 1.82) is 5.26 Å². The third-order valence-electron chi connectivity index (χ3n) is 5.98. The Morgan fingerprint density at radius 1 is 1.08 bits per heavy atom. The minimum absolute atomic E-state index is 0.00332. The van der Waals surface area contributed by atoms with Crippen molar-refractivity contribution in [3.63, 3.8) is 0 Å². The van der Waals surface area contributed by atoms with E-state index in [-0.39, 0.29) is 21.1 Å². The SMILES string of the molecule is [C-]#[N+]C(C#N)=C1C(=Cc2ccc(/C=C/c3ccc(N(C)CCCC)cc3)s2)S(=O)(=O)c2ccccc21. The van der Waals surface area contributed by atoms with Gasteiger partial charge < -0.3 is 4.90 Å². The summed E-state index contributed by atoms with van der Waals surface area (Å²) >= 11 is 1.45. The fraction of sp³-hybridized carbons (Fsp3) is 0.172. The number of benzene rings is 2. The zero-order valence-corrected chi connectivity index (χ0v) is 21.7. The van der Waals surface area contributed by atoms with Gasteiger partial charge in [-0.2, -0.15) is 0 Å². The van der Waals surface area contributed by atoms with Gasteiger partial charge in [0.25, 0.3) is 5.70 Å². The number of sulfone groups is 1. The summed E-state index contributed by atoms with van der Waals surface area (Å²) in [5.74, 6) is 0. The molecule has 1 aliphatic rings. The number of nitrogens with zero attached hydrogens (tertiary/aromatic N) is 3. The molecule has 3 aromatic rings. The Hall–Kier alpha value is -3.91. The van der Waals surface area contributed by atoms with E-state index in [1.54, 1.807) is 24.3 Å². The van der Waals surface area contributed by atoms with Crippen LogP contribution in [0.5, 0.6) is 0 Å². The molecule has 4 rings (SSSR count). The number of thiophene rings is 1. The number of anilines is 1. The van der Waals surface area contributed by atoms with Crippen LogP contribution in [0.3, 0.4) is 0 Å². The summed E-state index contributed by atoms with van der Waals surface area (Å²) in [6, 6.07) is 20.5. The van der Waals surface area contributed by atoms with Crippen LogP contribution in [0.4, 0.5) is 5.69 Å². The lowest BCUT2D eigenvalue weighted by molar-refractivity contribution is 0.604. The first-order valence-corrected chi connectivity index (χ1v) is 13.9. The Labute approximate surface area is 216 Å². The predicted molar refractivity (Wildman–Crippen MR) is 149 cm³/mol. The molecule has 0 radical (unpaired) electrons.